The van der Waals surface area contributed by atoms with Crippen LogP contribution in [0.15, 0.2) is 21.2 Å². The van der Waals surface area contributed by atoms with Gasteiger partial charge in [-0.1, -0.05) is 0 Å². The van der Waals surface area contributed by atoms with Crippen molar-refractivity contribution in [3.05, 3.63) is 22.6 Å². The minimum absolute atomic E-state index is 0.254. The van der Waals surface area contributed by atoms with Gasteiger partial charge in [-0.3, -0.25) is 4.79 Å². The Morgan fingerprint density at radius 3 is 2.83 bits per heavy atom. The second-order valence-electron chi connectivity index (χ2n) is 2.28. The van der Waals surface area contributed by atoms with Crippen LogP contribution in [0.5, 0.6) is 0 Å². The fourth-order valence-electron chi connectivity index (χ4n) is 0.769. The molecular formula is C7H7BrO4. The molecule has 0 aliphatic carbocycles. The van der Waals surface area contributed by atoms with E-state index in [0.717, 1.165) is 0 Å². The summed E-state index contributed by atoms with van der Waals surface area (Å²) >= 11 is 3.11. The van der Waals surface area contributed by atoms with Crippen LogP contribution >= 0.6 is 15.9 Å². The van der Waals surface area contributed by atoms with E-state index in [1.54, 1.807) is 0 Å². The molecule has 66 valence electrons. The molecule has 0 saturated heterocycles. The molecule has 0 aliphatic rings. The van der Waals surface area contributed by atoms with E-state index in [9.17, 15) is 9.90 Å². The lowest BCUT2D eigenvalue weighted by Gasteiger charge is -2.01. The lowest BCUT2D eigenvalue weighted by Crippen LogP contribution is -2.04. The lowest BCUT2D eigenvalue weighted by atomic mass is 10.2. The summed E-state index contributed by atoms with van der Waals surface area (Å²) in [6, 6.07) is 1.54. The topological polar surface area (TPSA) is 70.7 Å². The molecule has 4 nitrogen and oxygen atoms in total. The van der Waals surface area contributed by atoms with E-state index in [2.05, 4.69) is 15.9 Å². The molecule has 1 aromatic heterocycles. The third-order valence-corrected chi connectivity index (χ3v) is 1.70. The largest absolute Gasteiger partial charge is 0.481 e. The van der Waals surface area contributed by atoms with E-state index < -0.39 is 12.1 Å². The van der Waals surface area contributed by atoms with Crippen molar-refractivity contribution in [2.45, 2.75) is 12.5 Å². The Labute approximate surface area is 76.9 Å². The normalized spacial score (nSPS) is 12.8. The standard InChI is InChI=1S/C7H7BrO4/c8-4-1-6(12-3-4)5(9)2-7(10)11/h1,3,5,9H,2H2,(H,10,11). The summed E-state index contributed by atoms with van der Waals surface area (Å²) in [4.78, 5) is 10.2. The number of aliphatic hydroxyl groups excluding tert-OH is 1. The molecule has 0 radical (unpaired) electrons. The molecule has 0 bridgehead atoms. The molecule has 2 N–H and O–H groups in total. The first-order valence-electron chi connectivity index (χ1n) is 3.23. The van der Waals surface area contributed by atoms with Gasteiger partial charge in [-0.15, -0.1) is 0 Å². The molecule has 1 rings (SSSR count). The fourth-order valence-corrected chi connectivity index (χ4v) is 1.09. The molecule has 0 fully saturated rings. The SMILES string of the molecule is O=C(O)CC(O)c1cc(Br)co1. The zero-order valence-corrected chi connectivity index (χ0v) is 7.61. The quantitative estimate of drug-likeness (QED) is 0.833. The van der Waals surface area contributed by atoms with Gasteiger partial charge in [-0.25, -0.2) is 0 Å². The van der Waals surface area contributed by atoms with Crippen molar-refractivity contribution in [2.75, 3.05) is 0 Å². The van der Waals surface area contributed by atoms with Gasteiger partial charge in [-0.2, -0.15) is 0 Å². The molecule has 1 heterocycles. The van der Waals surface area contributed by atoms with Crippen LogP contribution in [0.25, 0.3) is 0 Å². The molecule has 1 atom stereocenters. The summed E-state index contributed by atoms with van der Waals surface area (Å²) in [6.45, 7) is 0. The average molecular weight is 235 g/mol. The maximum absolute atomic E-state index is 10.2. The number of carbonyl (C=O) groups is 1. The van der Waals surface area contributed by atoms with Crippen molar-refractivity contribution in [3.8, 4) is 0 Å². The van der Waals surface area contributed by atoms with Gasteiger partial charge >= 0.3 is 5.97 Å². The third-order valence-electron chi connectivity index (χ3n) is 1.28. The van der Waals surface area contributed by atoms with Gasteiger partial charge < -0.3 is 14.6 Å². The highest BCUT2D eigenvalue weighted by atomic mass is 79.9. The number of carboxylic acid groups (broad SMARTS) is 1. The number of carboxylic acids is 1. The molecule has 1 aromatic rings. The molecule has 5 heteroatoms. The zero-order valence-electron chi connectivity index (χ0n) is 6.03. The number of furan rings is 1. The molecule has 0 spiro atoms. The van der Waals surface area contributed by atoms with E-state index in [0.29, 0.717) is 4.47 Å². The first-order valence-corrected chi connectivity index (χ1v) is 4.02. The number of aliphatic carboxylic acids is 1. The van der Waals surface area contributed by atoms with E-state index in [1.807, 2.05) is 0 Å². The lowest BCUT2D eigenvalue weighted by molar-refractivity contribution is -0.139. The molecule has 0 saturated carbocycles. The van der Waals surface area contributed by atoms with Crippen molar-refractivity contribution in [2.24, 2.45) is 0 Å². The summed E-state index contributed by atoms with van der Waals surface area (Å²) in [5, 5.41) is 17.5. The van der Waals surface area contributed by atoms with Crippen LogP contribution in [0.2, 0.25) is 0 Å². The Morgan fingerprint density at radius 1 is 1.75 bits per heavy atom. The van der Waals surface area contributed by atoms with Gasteiger partial charge in [0, 0.05) is 0 Å². The van der Waals surface area contributed by atoms with Crippen LogP contribution in [0.4, 0.5) is 0 Å². The first kappa shape index (κ1) is 9.28. The van der Waals surface area contributed by atoms with E-state index in [4.69, 9.17) is 9.52 Å². The summed E-state index contributed by atoms with van der Waals surface area (Å²) in [5.41, 5.74) is 0. The highest BCUT2D eigenvalue weighted by Crippen LogP contribution is 2.22. The Bertz CT molecular complexity index is 281. The Hall–Kier alpha value is -0.810. The number of halogens is 1. The van der Waals surface area contributed by atoms with Gasteiger partial charge in [0.15, 0.2) is 0 Å². The minimum Gasteiger partial charge on any atom is -0.481 e. The first-order chi connectivity index (χ1) is 5.59. The summed E-state index contributed by atoms with van der Waals surface area (Å²) in [6.07, 6.45) is -0.0332. The summed E-state index contributed by atoms with van der Waals surface area (Å²) in [7, 11) is 0. The number of rotatable bonds is 3. The van der Waals surface area contributed by atoms with Crippen LogP contribution in [-0.2, 0) is 4.79 Å². The van der Waals surface area contributed by atoms with Crippen molar-refractivity contribution in [1.29, 1.82) is 0 Å². The predicted octanol–water partition coefficient (Wildman–Crippen LogP) is 1.55. The van der Waals surface area contributed by atoms with Gasteiger partial charge in [0.25, 0.3) is 0 Å². The van der Waals surface area contributed by atoms with Crippen LogP contribution in [-0.4, -0.2) is 16.2 Å². The number of hydrogen-bond donors (Lipinski definition) is 2. The van der Waals surface area contributed by atoms with Crippen molar-refractivity contribution in [3.63, 3.8) is 0 Å². The van der Waals surface area contributed by atoms with Gasteiger partial charge in [0.2, 0.25) is 0 Å². The molecule has 1 unspecified atom stereocenters. The third kappa shape index (κ3) is 2.35. The van der Waals surface area contributed by atoms with Crippen LogP contribution in [0, 0.1) is 0 Å². The molecule has 0 aliphatic heterocycles. The molecule has 0 aromatic carbocycles. The Morgan fingerprint density at radius 2 is 2.42 bits per heavy atom. The smallest absolute Gasteiger partial charge is 0.306 e. The summed E-state index contributed by atoms with van der Waals surface area (Å²) in [5.74, 6) is -0.806. The van der Waals surface area contributed by atoms with Crippen LogP contribution in [0.1, 0.15) is 18.3 Å². The monoisotopic (exact) mass is 234 g/mol. The van der Waals surface area contributed by atoms with Crippen LogP contribution < -0.4 is 0 Å². The number of hydrogen-bond acceptors (Lipinski definition) is 3. The Balaban J connectivity index is 2.64. The second kappa shape index (κ2) is 3.73. The molecule has 0 amide bonds. The van der Waals surface area contributed by atoms with Crippen molar-refractivity contribution >= 4 is 21.9 Å². The minimum atomic E-state index is -1.08. The molecule has 12 heavy (non-hydrogen) atoms. The zero-order chi connectivity index (χ0) is 9.14. The van der Waals surface area contributed by atoms with Crippen LogP contribution in [0.3, 0.4) is 0 Å². The van der Waals surface area contributed by atoms with Gasteiger partial charge in [0.05, 0.1) is 10.9 Å². The highest BCUT2D eigenvalue weighted by molar-refractivity contribution is 9.10. The highest BCUT2D eigenvalue weighted by Gasteiger charge is 2.15. The average Bonchev–Trinajstić information content (AvgIpc) is 2.34. The van der Waals surface area contributed by atoms with E-state index in [1.165, 1.54) is 12.3 Å². The van der Waals surface area contributed by atoms with E-state index in [-0.39, 0.29) is 12.2 Å². The van der Waals surface area contributed by atoms with Crippen molar-refractivity contribution < 1.29 is 19.4 Å². The summed E-state index contributed by atoms with van der Waals surface area (Å²) < 4.78 is 5.55. The van der Waals surface area contributed by atoms with E-state index >= 15 is 0 Å². The van der Waals surface area contributed by atoms with Crippen molar-refractivity contribution in [1.82, 2.24) is 0 Å². The predicted molar refractivity (Wildman–Crippen MR) is 43.6 cm³/mol. The van der Waals surface area contributed by atoms with Gasteiger partial charge in [0.1, 0.15) is 18.1 Å². The Kier molecular flexibility index (Phi) is 2.88. The maximum atomic E-state index is 10.2. The number of aliphatic hydroxyl groups is 1. The second-order valence-corrected chi connectivity index (χ2v) is 3.20. The fraction of sp³-hybridized carbons (Fsp3) is 0.286. The maximum Gasteiger partial charge on any atom is 0.306 e. The van der Waals surface area contributed by atoms with Gasteiger partial charge in [-0.05, 0) is 22.0 Å². The molecular weight excluding hydrogens is 228 g/mol.